The minimum atomic E-state index is -0.537. The Morgan fingerprint density at radius 1 is 1.03 bits per heavy atom. The van der Waals surface area contributed by atoms with Gasteiger partial charge in [-0.05, 0) is 74.4 Å². The Bertz CT molecular complexity index is 1020. The van der Waals surface area contributed by atoms with E-state index >= 15 is 0 Å². The fourth-order valence-corrected chi connectivity index (χ4v) is 3.51. The van der Waals surface area contributed by atoms with E-state index in [1.807, 2.05) is 57.2 Å². The van der Waals surface area contributed by atoms with Gasteiger partial charge < -0.3 is 9.47 Å². The van der Waals surface area contributed by atoms with Gasteiger partial charge in [-0.2, -0.15) is 0 Å². The summed E-state index contributed by atoms with van der Waals surface area (Å²) in [7, 11) is 0. The highest BCUT2D eigenvalue weighted by Crippen LogP contribution is 2.35. The van der Waals surface area contributed by atoms with Crippen LogP contribution >= 0.6 is 0 Å². The van der Waals surface area contributed by atoms with Crippen LogP contribution in [0.1, 0.15) is 50.8 Å². The van der Waals surface area contributed by atoms with E-state index in [1.165, 1.54) is 11.1 Å². The van der Waals surface area contributed by atoms with Crippen LogP contribution in [0.4, 0.5) is 10.5 Å². The maximum atomic E-state index is 12.1. The lowest BCUT2D eigenvalue weighted by Crippen LogP contribution is -2.27. The molecule has 4 heteroatoms. The topological polar surface area (TPSA) is 47.6 Å². The van der Waals surface area contributed by atoms with Crippen LogP contribution < -0.4 is 10.1 Å². The summed E-state index contributed by atoms with van der Waals surface area (Å²) in [4.78, 5) is 12.1. The van der Waals surface area contributed by atoms with Gasteiger partial charge in [0.2, 0.25) is 0 Å². The van der Waals surface area contributed by atoms with Crippen LogP contribution in [-0.2, 0) is 17.8 Å². The van der Waals surface area contributed by atoms with E-state index in [4.69, 9.17) is 9.47 Å². The number of anilines is 1. The number of ether oxygens (including phenoxy) is 2. The predicted molar refractivity (Wildman–Crippen MR) is 123 cm³/mol. The maximum Gasteiger partial charge on any atom is 0.412 e. The largest absolute Gasteiger partial charge is 0.488 e. The molecule has 158 valence electrons. The molecule has 0 radical (unpaired) electrons. The van der Waals surface area contributed by atoms with Gasteiger partial charge in [-0.1, -0.05) is 49.7 Å². The molecule has 0 aliphatic heterocycles. The second kappa shape index (κ2) is 9.21. The minimum absolute atomic E-state index is 0.457. The maximum absolute atomic E-state index is 12.1. The first kappa shape index (κ1) is 21.7. The molecule has 0 saturated heterocycles. The molecule has 0 aliphatic carbocycles. The molecule has 30 heavy (non-hydrogen) atoms. The van der Waals surface area contributed by atoms with E-state index < -0.39 is 11.7 Å². The number of amides is 1. The molecule has 0 saturated carbocycles. The quantitative estimate of drug-likeness (QED) is 0.479. The van der Waals surface area contributed by atoms with Crippen LogP contribution in [0.3, 0.4) is 0 Å². The van der Waals surface area contributed by atoms with Crippen molar-refractivity contribution in [1.29, 1.82) is 0 Å². The fourth-order valence-electron chi connectivity index (χ4n) is 3.51. The third-order valence-electron chi connectivity index (χ3n) is 4.79. The molecule has 3 aromatic carbocycles. The Morgan fingerprint density at radius 3 is 2.43 bits per heavy atom. The van der Waals surface area contributed by atoms with Gasteiger partial charge in [-0.15, -0.1) is 0 Å². The third kappa shape index (κ3) is 5.53. The van der Waals surface area contributed by atoms with E-state index in [0.29, 0.717) is 12.3 Å². The van der Waals surface area contributed by atoms with Gasteiger partial charge in [0, 0.05) is 11.1 Å². The number of nitrogens with one attached hydrogen (secondary N) is 1. The lowest BCUT2D eigenvalue weighted by Gasteiger charge is -2.20. The van der Waals surface area contributed by atoms with E-state index in [9.17, 15) is 4.79 Å². The highest BCUT2D eigenvalue weighted by atomic mass is 16.6. The van der Waals surface area contributed by atoms with Gasteiger partial charge in [0.05, 0.1) is 0 Å². The van der Waals surface area contributed by atoms with E-state index in [1.54, 1.807) is 0 Å². The fraction of sp³-hybridized carbons (Fsp3) is 0.346. The second-order valence-corrected chi connectivity index (χ2v) is 8.59. The van der Waals surface area contributed by atoms with Crippen molar-refractivity contribution in [3.63, 3.8) is 0 Å². The third-order valence-corrected chi connectivity index (χ3v) is 4.79. The molecule has 0 spiro atoms. The summed E-state index contributed by atoms with van der Waals surface area (Å²) in [6.45, 7) is 10.4. The highest BCUT2D eigenvalue weighted by Gasteiger charge is 2.17. The number of carbonyl (C=O) groups is 1. The number of rotatable bonds is 6. The molecular weight excluding hydrogens is 374 g/mol. The van der Waals surface area contributed by atoms with Crippen molar-refractivity contribution in [2.45, 2.75) is 59.7 Å². The van der Waals surface area contributed by atoms with Gasteiger partial charge in [0.25, 0.3) is 0 Å². The van der Waals surface area contributed by atoms with Gasteiger partial charge in [0.1, 0.15) is 18.0 Å². The average Bonchev–Trinajstić information content (AvgIpc) is 2.67. The van der Waals surface area contributed by atoms with Crippen molar-refractivity contribution in [1.82, 2.24) is 0 Å². The zero-order valence-electron chi connectivity index (χ0n) is 18.5. The molecular formula is C26H31NO3. The van der Waals surface area contributed by atoms with Crippen molar-refractivity contribution < 1.29 is 14.3 Å². The molecule has 0 heterocycles. The Labute approximate surface area is 179 Å². The lowest BCUT2D eigenvalue weighted by molar-refractivity contribution is 0.0636. The Kier molecular flexibility index (Phi) is 6.66. The van der Waals surface area contributed by atoms with Crippen molar-refractivity contribution >= 4 is 22.6 Å². The van der Waals surface area contributed by atoms with Crippen LogP contribution in [0.15, 0.2) is 54.6 Å². The normalized spacial score (nSPS) is 11.4. The average molecular weight is 406 g/mol. The molecule has 0 atom stereocenters. The van der Waals surface area contributed by atoms with Crippen LogP contribution in [0.5, 0.6) is 5.75 Å². The van der Waals surface area contributed by atoms with E-state index in [0.717, 1.165) is 34.9 Å². The molecule has 3 rings (SSSR count). The molecule has 3 aromatic rings. The Morgan fingerprint density at radius 2 is 1.77 bits per heavy atom. The monoisotopic (exact) mass is 405 g/mol. The molecule has 0 bridgehead atoms. The smallest absolute Gasteiger partial charge is 0.412 e. The minimum Gasteiger partial charge on any atom is -0.488 e. The number of hydrogen-bond donors (Lipinski definition) is 1. The SMILES string of the molecule is CCCc1c(C)cc2cc(NC(=O)OC(C)(C)C)ccc2c1OCc1ccccc1. The molecule has 0 aliphatic rings. The Hall–Kier alpha value is -3.01. The van der Waals surface area contributed by atoms with Gasteiger partial charge in [0.15, 0.2) is 0 Å². The summed E-state index contributed by atoms with van der Waals surface area (Å²) in [5, 5.41) is 4.91. The molecule has 0 unspecified atom stereocenters. The number of benzene rings is 3. The highest BCUT2D eigenvalue weighted by molar-refractivity contribution is 5.95. The molecule has 4 nitrogen and oxygen atoms in total. The standard InChI is InChI=1S/C26H31NO3/c1-6-10-22-18(2)15-20-16-21(27-25(28)30-26(3,4)5)13-14-23(20)24(22)29-17-19-11-8-7-9-12-19/h7-9,11-16H,6,10,17H2,1-5H3,(H,27,28). The zero-order chi connectivity index (χ0) is 21.7. The Balaban J connectivity index is 1.94. The van der Waals surface area contributed by atoms with Crippen molar-refractivity contribution in [3.8, 4) is 5.75 Å². The van der Waals surface area contributed by atoms with Gasteiger partial charge >= 0.3 is 6.09 Å². The summed E-state index contributed by atoms with van der Waals surface area (Å²) in [6.07, 6.45) is 1.55. The van der Waals surface area contributed by atoms with Crippen molar-refractivity contribution in [3.05, 3.63) is 71.3 Å². The summed E-state index contributed by atoms with van der Waals surface area (Å²) in [5.41, 5.74) is 3.74. The first-order chi connectivity index (χ1) is 14.3. The molecule has 0 fully saturated rings. The molecule has 1 N–H and O–H groups in total. The first-order valence-electron chi connectivity index (χ1n) is 10.5. The predicted octanol–water partition coefficient (Wildman–Crippen LogP) is 7.03. The number of carbonyl (C=O) groups excluding carboxylic acids is 1. The second-order valence-electron chi connectivity index (χ2n) is 8.59. The van der Waals surface area contributed by atoms with Gasteiger partial charge in [-0.3, -0.25) is 5.32 Å². The molecule has 0 aromatic heterocycles. The summed E-state index contributed by atoms with van der Waals surface area (Å²) in [6, 6.07) is 18.2. The van der Waals surface area contributed by atoms with E-state index in [2.05, 4.69) is 37.4 Å². The van der Waals surface area contributed by atoms with Crippen LogP contribution in [-0.4, -0.2) is 11.7 Å². The number of hydrogen-bond acceptors (Lipinski definition) is 3. The van der Waals surface area contributed by atoms with Crippen LogP contribution in [0.2, 0.25) is 0 Å². The van der Waals surface area contributed by atoms with Crippen molar-refractivity contribution in [2.75, 3.05) is 5.32 Å². The molecule has 1 amide bonds. The van der Waals surface area contributed by atoms with Gasteiger partial charge in [-0.25, -0.2) is 4.79 Å². The summed E-state index contributed by atoms with van der Waals surface area (Å²) < 4.78 is 11.7. The van der Waals surface area contributed by atoms with Crippen LogP contribution in [0, 0.1) is 6.92 Å². The number of aryl methyl sites for hydroxylation is 1. The summed E-state index contributed by atoms with van der Waals surface area (Å²) >= 11 is 0. The first-order valence-corrected chi connectivity index (χ1v) is 10.5. The lowest BCUT2D eigenvalue weighted by atomic mass is 9.96. The van der Waals surface area contributed by atoms with Crippen LogP contribution in [0.25, 0.3) is 10.8 Å². The van der Waals surface area contributed by atoms with E-state index in [-0.39, 0.29) is 0 Å². The number of fused-ring (bicyclic) bond motifs is 1. The van der Waals surface area contributed by atoms with Crippen molar-refractivity contribution in [2.24, 2.45) is 0 Å². The zero-order valence-corrected chi connectivity index (χ0v) is 18.5. The summed E-state index contributed by atoms with van der Waals surface area (Å²) in [5.74, 6) is 0.930.